The highest BCUT2D eigenvalue weighted by Gasteiger charge is 2.20. The first-order valence-corrected chi connectivity index (χ1v) is 8.32. The average molecular weight is 354 g/mol. The summed E-state index contributed by atoms with van der Waals surface area (Å²) in [6.45, 7) is 2.72. The SMILES string of the molecule is Cc1nc(CC(O)Cc2cc(Br)cc3c2OCC3)cs1. The molecule has 1 aliphatic rings. The van der Waals surface area contributed by atoms with Crippen molar-refractivity contribution in [2.45, 2.75) is 32.3 Å². The summed E-state index contributed by atoms with van der Waals surface area (Å²) in [5.74, 6) is 0.960. The Bertz CT molecular complexity index is 626. The van der Waals surface area contributed by atoms with Crippen molar-refractivity contribution >= 4 is 27.3 Å². The highest BCUT2D eigenvalue weighted by atomic mass is 79.9. The fraction of sp³-hybridized carbons (Fsp3) is 0.400. The second kappa shape index (κ2) is 5.84. The molecule has 1 N–H and O–H groups in total. The van der Waals surface area contributed by atoms with Crippen LogP contribution in [0.1, 0.15) is 21.8 Å². The molecule has 0 amide bonds. The van der Waals surface area contributed by atoms with E-state index in [1.54, 1.807) is 11.3 Å². The number of nitrogens with zero attached hydrogens (tertiary/aromatic N) is 1. The standard InChI is InChI=1S/C15H16BrNO2S/c1-9-17-13(8-20-9)7-14(18)6-11-5-12(16)4-10-2-3-19-15(10)11/h4-5,8,14,18H,2-3,6-7H2,1H3. The first kappa shape index (κ1) is 14.0. The molecule has 0 saturated heterocycles. The van der Waals surface area contributed by atoms with Gasteiger partial charge in [0.25, 0.3) is 0 Å². The number of hydrogen-bond acceptors (Lipinski definition) is 4. The van der Waals surface area contributed by atoms with Gasteiger partial charge in [0.2, 0.25) is 0 Å². The van der Waals surface area contributed by atoms with Gasteiger partial charge in [-0.1, -0.05) is 15.9 Å². The van der Waals surface area contributed by atoms with Gasteiger partial charge in [-0.05, 0) is 30.2 Å². The first-order valence-electron chi connectivity index (χ1n) is 6.65. The van der Waals surface area contributed by atoms with Gasteiger partial charge in [0, 0.05) is 29.1 Å². The summed E-state index contributed by atoms with van der Waals surface area (Å²) in [6, 6.07) is 4.14. The van der Waals surface area contributed by atoms with Gasteiger partial charge in [-0.25, -0.2) is 4.98 Å². The lowest BCUT2D eigenvalue weighted by molar-refractivity contribution is 0.173. The molecule has 1 unspecified atom stereocenters. The number of aryl methyl sites for hydroxylation is 1. The largest absolute Gasteiger partial charge is 0.493 e. The third-order valence-electron chi connectivity index (χ3n) is 3.39. The van der Waals surface area contributed by atoms with E-state index in [0.717, 1.165) is 39.5 Å². The van der Waals surface area contributed by atoms with Crippen LogP contribution < -0.4 is 4.74 Å². The van der Waals surface area contributed by atoms with Crippen molar-refractivity contribution < 1.29 is 9.84 Å². The molecule has 0 bridgehead atoms. The van der Waals surface area contributed by atoms with Crippen molar-refractivity contribution in [3.05, 3.63) is 43.8 Å². The van der Waals surface area contributed by atoms with Gasteiger partial charge in [-0.15, -0.1) is 11.3 Å². The molecule has 1 aliphatic heterocycles. The molecule has 20 heavy (non-hydrogen) atoms. The van der Waals surface area contributed by atoms with Crippen LogP contribution in [0, 0.1) is 6.92 Å². The summed E-state index contributed by atoms with van der Waals surface area (Å²) in [4.78, 5) is 4.40. The number of aliphatic hydroxyl groups excluding tert-OH is 1. The van der Waals surface area contributed by atoms with E-state index in [1.807, 2.05) is 18.4 Å². The summed E-state index contributed by atoms with van der Waals surface area (Å²) in [7, 11) is 0. The van der Waals surface area contributed by atoms with E-state index in [0.29, 0.717) is 12.8 Å². The lowest BCUT2D eigenvalue weighted by Crippen LogP contribution is -2.14. The van der Waals surface area contributed by atoms with Crippen LogP contribution in [0.25, 0.3) is 0 Å². The van der Waals surface area contributed by atoms with Gasteiger partial charge in [-0.3, -0.25) is 0 Å². The van der Waals surface area contributed by atoms with Gasteiger partial charge >= 0.3 is 0 Å². The van der Waals surface area contributed by atoms with E-state index in [4.69, 9.17) is 4.74 Å². The molecule has 0 fully saturated rings. The zero-order chi connectivity index (χ0) is 14.1. The molecule has 1 atom stereocenters. The van der Waals surface area contributed by atoms with Gasteiger partial charge < -0.3 is 9.84 Å². The minimum Gasteiger partial charge on any atom is -0.493 e. The van der Waals surface area contributed by atoms with E-state index >= 15 is 0 Å². The van der Waals surface area contributed by atoms with Crippen molar-refractivity contribution in [1.29, 1.82) is 0 Å². The van der Waals surface area contributed by atoms with Gasteiger partial charge in [-0.2, -0.15) is 0 Å². The van der Waals surface area contributed by atoms with Crippen LogP contribution in [0.5, 0.6) is 5.75 Å². The summed E-state index contributed by atoms with van der Waals surface area (Å²) in [5, 5.41) is 13.3. The van der Waals surface area contributed by atoms with Gasteiger partial charge in [0.1, 0.15) is 5.75 Å². The second-order valence-electron chi connectivity index (χ2n) is 5.07. The maximum absolute atomic E-state index is 10.3. The molecule has 1 aromatic heterocycles. The van der Waals surface area contributed by atoms with Crippen LogP contribution in [-0.4, -0.2) is 22.8 Å². The van der Waals surface area contributed by atoms with Crippen LogP contribution in [0.15, 0.2) is 22.0 Å². The number of aromatic nitrogens is 1. The number of aliphatic hydroxyl groups is 1. The van der Waals surface area contributed by atoms with Crippen molar-refractivity contribution in [2.75, 3.05) is 6.61 Å². The van der Waals surface area contributed by atoms with Gasteiger partial charge in [0.15, 0.2) is 0 Å². The molecule has 2 heterocycles. The molecular formula is C15H16BrNO2S. The Morgan fingerprint density at radius 1 is 1.45 bits per heavy atom. The average Bonchev–Trinajstić information content (AvgIpc) is 2.98. The summed E-state index contributed by atoms with van der Waals surface area (Å²) < 4.78 is 6.74. The van der Waals surface area contributed by atoms with E-state index in [2.05, 4.69) is 27.0 Å². The Balaban J connectivity index is 1.74. The number of halogens is 1. The molecule has 0 saturated carbocycles. The molecule has 106 valence electrons. The number of fused-ring (bicyclic) bond motifs is 1. The Labute approximate surface area is 130 Å². The summed E-state index contributed by atoms with van der Waals surface area (Å²) >= 11 is 5.15. The maximum atomic E-state index is 10.3. The third kappa shape index (κ3) is 3.05. The van der Waals surface area contributed by atoms with Crippen molar-refractivity contribution in [3.8, 4) is 5.75 Å². The first-order chi connectivity index (χ1) is 9.61. The quantitative estimate of drug-likeness (QED) is 0.916. The second-order valence-corrected chi connectivity index (χ2v) is 7.05. The Morgan fingerprint density at radius 3 is 3.05 bits per heavy atom. The normalized spacial score (nSPS) is 14.9. The van der Waals surface area contributed by atoms with E-state index in [1.165, 1.54) is 5.56 Å². The fourth-order valence-electron chi connectivity index (χ4n) is 2.57. The van der Waals surface area contributed by atoms with Crippen molar-refractivity contribution in [1.82, 2.24) is 4.98 Å². The molecular weight excluding hydrogens is 338 g/mol. The molecule has 3 rings (SSSR count). The summed E-state index contributed by atoms with van der Waals surface area (Å²) in [5.41, 5.74) is 3.27. The molecule has 5 heteroatoms. The summed E-state index contributed by atoms with van der Waals surface area (Å²) in [6.07, 6.45) is 1.70. The lowest BCUT2D eigenvalue weighted by Gasteiger charge is -2.13. The smallest absolute Gasteiger partial charge is 0.125 e. The molecule has 0 aliphatic carbocycles. The number of rotatable bonds is 4. The molecule has 1 aromatic carbocycles. The Morgan fingerprint density at radius 2 is 2.30 bits per heavy atom. The van der Waals surface area contributed by atoms with Crippen molar-refractivity contribution in [3.63, 3.8) is 0 Å². The third-order valence-corrected chi connectivity index (χ3v) is 4.67. The van der Waals surface area contributed by atoms with Crippen LogP contribution in [0.4, 0.5) is 0 Å². The maximum Gasteiger partial charge on any atom is 0.125 e. The zero-order valence-electron chi connectivity index (χ0n) is 11.2. The fourth-order valence-corrected chi connectivity index (χ4v) is 3.75. The predicted octanol–water partition coefficient (Wildman–Crippen LogP) is 3.30. The van der Waals surface area contributed by atoms with Crippen LogP contribution >= 0.6 is 27.3 Å². The molecule has 0 radical (unpaired) electrons. The number of ether oxygens (including phenoxy) is 1. The van der Waals surface area contributed by atoms with E-state index in [9.17, 15) is 5.11 Å². The number of thiazole rings is 1. The number of hydrogen-bond donors (Lipinski definition) is 1. The topological polar surface area (TPSA) is 42.4 Å². The molecule has 2 aromatic rings. The van der Waals surface area contributed by atoms with Crippen LogP contribution in [-0.2, 0) is 19.3 Å². The Hall–Kier alpha value is -0.910. The predicted molar refractivity (Wildman–Crippen MR) is 83.6 cm³/mol. The number of benzene rings is 1. The molecule has 0 spiro atoms. The highest BCUT2D eigenvalue weighted by molar-refractivity contribution is 9.10. The highest BCUT2D eigenvalue weighted by Crippen LogP contribution is 2.33. The lowest BCUT2D eigenvalue weighted by atomic mass is 10.0. The minimum absolute atomic E-state index is 0.431. The Kier molecular flexibility index (Phi) is 4.10. The molecule has 3 nitrogen and oxygen atoms in total. The van der Waals surface area contributed by atoms with Crippen LogP contribution in [0.3, 0.4) is 0 Å². The zero-order valence-corrected chi connectivity index (χ0v) is 13.6. The van der Waals surface area contributed by atoms with Crippen molar-refractivity contribution in [2.24, 2.45) is 0 Å². The van der Waals surface area contributed by atoms with E-state index in [-0.39, 0.29) is 0 Å². The minimum atomic E-state index is -0.431. The van der Waals surface area contributed by atoms with Crippen LogP contribution in [0.2, 0.25) is 0 Å². The van der Waals surface area contributed by atoms with E-state index < -0.39 is 6.10 Å². The monoisotopic (exact) mass is 353 g/mol. The van der Waals surface area contributed by atoms with Gasteiger partial charge in [0.05, 0.1) is 23.4 Å².